The number of esters is 1. The molecule has 5 rings (SSSR count). The van der Waals surface area contributed by atoms with Crippen LogP contribution in [-0.4, -0.2) is 49.2 Å². The number of cyclic esters (lactones) is 1. The molecule has 33 heavy (non-hydrogen) atoms. The molecule has 1 unspecified atom stereocenters. The molecule has 1 atom stereocenters. The zero-order valence-corrected chi connectivity index (χ0v) is 18.3. The van der Waals surface area contributed by atoms with Crippen LogP contribution in [0, 0.1) is 13.8 Å². The van der Waals surface area contributed by atoms with Gasteiger partial charge in [-0.1, -0.05) is 23.8 Å². The first kappa shape index (κ1) is 20.9. The van der Waals surface area contributed by atoms with Crippen molar-refractivity contribution in [1.82, 2.24) is 10.2 Å². The van der Waals surface area contributed by atoms with Crippen molar-refractivity contribution in [3.8, 4) is 11.5 Å². The number of carbonyl (C=O) groups is 3. The van der Waals surface area contributed by atoms with E-state index in [1.165, 1.54) is 4.90 Å². The molecule has 9 heteroatoms. The van der Waals surface area contributed by atoms with Crippen LogP contribution in [0.1, 0.15) is 22.7 Å². The molecule has 0 spiro atoms. The summed E-state index contributed by atoms with van der Waals surface area (Å²) in [6, 6.07) is 9.87. The average molecular weight is 449 g/mol. The van der Waals surface area contributed by atoms with Gasteiger partial charge < -0.3 is 24.8 Å². The highest BCUT2D eigenvalue weighted by Crippen LogP contribution is 2.37. The van der Waals surface area contributed by atoms with Gasteiger partial charge in [-0.3, -0.25) is 9.69 Å². The van der Waals surface area contributed by atoms with E-state index in [0.29, 0.717) is 41.7 Å². The fourth-order valence-corrected chi connectivity index (χ4v) is 4.25. The summed E-state index contributed by atoms with van der Waals surface area (Å²) >= 11 is 0. The fraction of sp³-hybridized carbons (Fsp3) is 0.292. The molecule has 2 aromatic rings. The quantitative estimate of drug-likeness (QED) is 0.695. The number of fused-ring (bicyclic) bond motifs is 1. The van der Waals surface area contributed by atoms with Crippen molar-refractivity contribution in [2.45, 2.75) is 19.9 Å². The standard InChI is InChI=1S/C24H23N3O6/c1-13-3-4-14(2)16(9-13)22-21-17(12-33-23(21)29)27(24(30)26-22)11-20(28)25-15-5-6-18-19(10-15)32-8-7-31-18/h3-6,9-10,22H,7-8,11-12H2,1-2H3,(H,25,28)(H,26,30). The van der Waals surface area contributed by atoms with Gasteiger partial charge in [0.25, 0.3) is 0 Å². The van der Waals surface area contributed by atoms with Crippen LogP contribution >= 0.6 is 0 Å². The van der Waals surface area contributed by atoms with Crippen molar-refractivity contribution < 1.29 is 28.6 Å². The lowest BCUT2D eigenvalue weighted by atomic mass is 9.91. The van der Waals surface area contributed by atoms with Crippen molar-refractivity contribution in [3.05, 3.63) is 64.4 Å². The number of carbonyl (C=O) groups excluding carboxylic acids is 3. The summed E-state index contributed by atoms with van der Waals surface area (Å²) in [5.41, 5.74) is 4.07. The van der Waals surface area contributed by atoms with Gasteiger partial charge in [-0.2, -0.15) is 0 Å². The van der Waals surface area contributed by atoms with Gasteiger partial charge >= 0.3 is 12.0 Å². The van der Waals surface area contributed by atoms with Crippen LogP contribution in [-0.2, 0) is 14.3 Å². The highest BCUT2D eigenvalue weighted by molar-refractivity contribution is 6.00. The molecule has 2 N–H and O–H groups in total. The Morgan fingerprint density at radius 3 is 2.67 bits per heavy atom. The number of nitrogens with one attached hydrogen (secondary N) is 2. The summed E-state index contributed by atoms with van der Waals surface area (Å²) in [6.45, 7) is 4.46. The largest absolute Gasteiger partial charge is 0.486 e. The van der Waals surface area contributed by atoms with Crippen molar-refractivity contribution in [2.24, 2.45) is 0 Å². The van der Waals surface area contributed by atoms with Gasteiger partial charge in [-0.05, 0) is 37.1 Å². The Morgan fingerprint density at radius 2 is 1.85 bits per heavy atom. The highest BCUT2D eigenvalue weighted by Gasteiger charge is 2.43. The Hall–Kier alpha value is -4.01. The zero-order chi connectivity index (χ0) is 23.1. The minimum atomic E-state index is -0.625. The topological polar surface area (TPSA) is 106 Å². The van der Waals surface area contributed by atoms with Gasteiger partial charge in [0, 0.05) is 11.8 Å². The fourth-order valence-electron chi connectivity index (χ4n) is 4.25. The molecule has 2 aromatic carbocycles. The Kier molecular flexibility index (Phi) is 5.16. The lowest BCUT2D eigenvalue weighted by Crippen LogP contribution is -2.49. The number of amides is 3. The molecule has 0 aromatic heterocycles. The molecule has 170 valence electrons. The first-order chi connectivity index (χ1) is 15.9. The van der Waals surface area contributed by atoms with Crippen molar-refractivity contribution in [1.29, 1.82) is 0 Å². The van der Waals surface area contributed by atoms with Crippen LogP contribution in [0.25, 0.3) is 0 Å². The number of hydrogen-bond acceptors (Lipinski definition) is 6. The van der Waals surface area contributed by atoms with Crippen LogP contribution in [0.15, 0.2) is 47.7 Å². The second-order valence-corrected chi connectivity index (χ2v) is 8.17. The molecule has 9 nitrogen and oxygen atoms in total. The first-order valence-electron chi connectivity index (χ1n) is 10.7. The highest BCUT2D eigenvalue weighted by atomic mass is 16.6. The number of hydrogen-bond donors (Lipinski definition) is 2. The molecular formula is C24H23N3O6. The first-order valence-corrected chi connectivity index (χ1v) is 10.7. The number of benzene rings is 2. The van der Waals surface area contributed by atoms with E-state index in [1.54, 1.807) is 18.2 Å². The van der Waals surface area contributed by atoms with Gasteiger partial charge in [0.05, 0.1) is 17.3 Å². The number of nitrogens with zero attached hydrogens (tertiary/aromatic N) is 1. The van der Waals surface area contributed by atoms with Gasteiger partial charge in [-0.25, -0.2) is 9.59 Å². The molecule has 3 aliphatic heterocycles. The Balaban J connectivity index is 1.39. The van der Waals surface area contributed by atoms with Crippen LogP contribution in [0.5, 0.6) is 11.5 Å². The summed E-state index contributed by atoms with van der Waals surface area (Å²) in [4.78, 5) is 39.6. The summed E-state index contributed by atoms with van der Waals surface area (Å²) < 4.78 is 16.3. The monoisotopic (exact) mass is 449 g/mol. The summed E-state index contributed by atoms with van der Waals surface area (Å²) in [7, 11) is 0. The Morgan fingerprint density at radius 1 is 1.06 bits per heavy atom. The third-order valence-corrected chi connectivity index (χ3v) is 5.87. The molecule has 0 bridgehead atoms. The third-order valence-electron chi connectivity index (χ3n) is 5.87. The van der Waals surface area contributed by atoms with E-state index in [1.807, 2.05) is 32.0 Å². The number of urea groups is 1. The van der Waals surface area contributed by atoms with E-state index < -0.39 is 23.9 Å². The van der Waals surface area contributed by atoms with E-state index in [9.17, 15) is 14.4 Å². The normalized spacial score (nSPS) is 19.1. The second kappa shape index (κ2) is 8.16. The zero-order valence-electron chi connectivity index (χ0n) is 18.3. The molecule has 3 aliphatic rings. The van der Waals surface area contributed by atoms with Crippen LogP contribution in [0.3, 0.4) is 0 Å². The van der Waals surface area contributed by atoms with Crippen LogP contribution in [0.2, 0.25) is 0 Å². The maximum absolute atomic E-state index is 13.0. The SMILES string of the molecule is Cc1ccc(C)c(C2NC(=O)N(CC(=O)Nc3ccc4c(c3)OCCO4)C3=C2C(=O)OC3)c1. The van der Waals surface area contributed by atoms with E-state index in [2.05, 4.69) is 10.6 Å². The molecule has 0 saturated carbocycles. The molecule has 0 fully saturated rings. The molecule has 0 saturated heterocycles. The van der Waals surface area contributed by atoms with Gasteiger partial charge in [0.15, 0.2) is 11.5 Å². The predicted octanol–water partition coefficient (Wildman–Crippen LogP) is 2.59. The molecule has 3 heterocycles. The summed E-state index contributed by atoms with van der Waals surface area (Å²) in [5, 5.41) is 5.64. The number of aryl methyl sites for hydroxylation is 2. The molecule has 3 amide bonds. The maximum atomic E-state index is 13.0. The molecule has 0 radical (unpaired) electrons. The van der Waals surface area contributed by atoms with Crippen molar-refractivity contribution in [3.63, 3.8) is 0 Å². The van der Waals surface area contributed by atoms with E-state index in [0.717, 1.165) is 16.7 Å². The Bertz CT molecular complexity index is 1200. The van der Waals surface area contributed by atoms with Gasteiger partial charge in [0.2, 0.25) is 5.91 Å². The lowest BCUT2D eigenvalue weighted by Gasteiger charge is -2.33. The minimum Gasteiger partial charge on any atom is -0.486 e. The number of rotatable bonds is 4. The summed E-state index contributed by atoms with van der Waals surface area (Å²) in [6.07, 6.45) is 0. The Labute approximate surface area is 190 Å². The van der Waals surface area contributed by atoms with Crippen LogP contribution in [0.4, 0.5) is 10.5 Å². The van der Waals surface area contributed by atoms with Gasteiger partial charge in [-0.15, -0.1) is 0 Å². The molecular weight excluding hydrogens is 426 g/mol. The lowest BCUT2D eigenvalue weighted by molar-refractivity contribution is -0.136. The van der Waals surface area contributed by atoms with E-state index in [-0.39, 0.29) is 13.2 Å². The van der Waals surface area contributed by atoms with E-state index in [4.69, 9.17) is 14.2 Å². The maximum Gasteiger partial charge on any atom is 0.338 e. The predicted molar refractivity (Wildman–Crippen MR) is 118 cm³/mol. The van der Waals surface area contributed by atoms with E-state index >= 15 is 0 Å². The average Bonchev–Trinajstić information content (AvgIpc) is 3.18. The van der Waals surface area contributed by atoms with Gasteiger partial charge in [0.1, 0.15) is 26.4 Å². The number of anilines is 1. The van der Waals surface area contributed by atoms with Crippen molar-refractivity contribution in [2.75, 3.05) is 31.7 Å². The number of ether oxygens (including phenoxy) is 3. The second-order valence-electron chi connectivity index (χ2n) is 8.17. The smallest absolute Gasteiger partial charge is 0.338 e. The van der Waals surface area contributed by atoms with Crippen molar-refractivity contribution >= 4 is 23.6 Å². The minimum absolute atomic E-state index is 0.0553. The summed E-state index contributed by atoms with van der Waals surface area (Å²) in [5.74, 6) is 0.251. The molecule has 0 aliphatic carbocycles. The van der Waals surface area contributed by atoms with Crippen LogP contribution < -0.4 is 20.1 Å². The third kappa shape index (κ3) is 3.86.